The average Bonchev–Trinajstić information content (AvgIpc) is 2.81. The molecule has 0 spiro atoms. The van der Waals surface area contributed by atoms with Crippen LogP contribution in [0.15, 0.2) is 15.7 Å². The summed E-state index contributed by atoms with van der Waals surface area (Å²) in [5.74, 6) is 1.79. The van der Waals surface area contributed by atoms with Gasteiger partial charge in [0.05, 0.1) is 6.61 Å². The van der Waals surface area contributed by atoms with E-state index in [-0.39, 0.29) is 5.69 Å². The number of nitrogens with one attached hydrogen (secondary N) is 1. The molecule has 0 bridgehead atoms. The number of ether oxygens (including phenoxy) is 1. The molecule has 3 unspecified atom stereocenters. The number of hydrogen-bond acceptors (Lipinski definition) is 10. The van der Waals surface area contributed by atoms with Crippen LogP contribution >= 0.6 is 35.1 Å². The second kappa shape index (κ2) is 9.80. The summed E-state index contributed by atoms with van der Waals surface area (Å²) in [5.41, 5.74) is -5.25. The Kier molecular flexibility index (Phi) is 8.33. The van der Waals surface area contributed by atoms with E-state index in [1.54, 1.807) is 11.3 Å². The van der Waals surface area contributed by atoms with Crippen LogP contribution in [0.4, 0.5) is 4.39 Å². The Balaban J connectivity index is 2.29. The fraction of sp³-hybridized carbons (Fsp3) is 0.500. The van der Waals surface area contributed by atoms with E-state index in [0.29, 0.717) is 4.57 Å². The van der Waals surface area contributed by atoms with Gasteiger partial charge in [-0.1, -0.05) is 0 Å². The molecule has 0 aromatic carbocycles. The number of aliphatic hydroxyl groups is 1. The molecule has 1 aliphatic heterocycles. The van der Waals surface area contributed by atoms with Gasteiger partial charge >= 0.3 is 29.2 Å². The molecule has 1 aromatic heterocycles. The van der Waals surface area contributed by atoms with Crippen molar-refractivity contribution < 1.29 is 60.6 Å². The molecule has 1 fully saturated rings. The Labute approximate surface area is 187 Å². The number of H-pyrrole nitrogens is 1. The van der Waals surface area contributed by atoms with Gasteiger partial charge in [-0.05, 0) is 24.4 Å². The maximum Gasteiger partial charge on any atom is 0.490 e. The molecule has 33 heavy (non-hydrogen) atoms. The molecule has 16 nitrogen and oxygen atoms in total. The summed E-state index contributed by atoms with van der Waals surface area (Å²) in [4.78, 5) is 61.0. The molecule has 2 heterocycles. The van der Waals surface area contributed by atoms with Crippen LogP contribution in [0.1, 0.15) is 11.9 Å². The van der Waals surface area contributed by atoms with Crippen molar-refractivity contribution in [3.05, 3.63) is 32.6 Å². The zero-order valence-electron chi connectivity index (χ0n) is 16.0. The number of hydrogen-bond donors (Lipinski definition) is 6. The molecule has 0 amide bonds. The number of aliphatic hydroxyl groups excluding tert-OH is 1. The highest BCUT2D eigenvalue weighted by atomic mass is 35.5. The fourth-order valence-corrected chi connectivity index (χ4v) is 5.90. The molecule has 6 N–H and O–H groups in total. The minimum Gasteiger partial charge on any atom is -0.386 e. The van der Waals surface area contributed by atoms with Gasteiger partial charge in [-0.2, -0.15) is 8.62 Å². The fourth-order valence-electron chi connectivity index (χ4n) is 2.73. The first kappa shape index (κ1) is 28.0. The quantitative estimate of drug-likeness (QED) is 0.172. The smallest absolute Gasteiger partial charge is 0.386 e. The Morgan fingerprint density at radius 3 is 2.36 bits per heavy atom. The number of phosphoric ester groups is 1. The number of aromatic nitrogens is 2. The van der Waals surface area contributed by atoms with E-state index in [1.165, 1.54) is 6.92 Å². The van der Waals surface area contributed by atoms with Crippen molar-refractivity contribution in [1.82, 2.24) is 9.55 Å². The lowest BCUT2D eigenvalue weighted by molar-refractivity contribution is -0.0544. The van der Waals surface area contributed by atoms with E-state index in [2.05, 4.69) is 13.1 Å². The zero-order chi connectivity index (χ0) is 25.4. The number of rotatable bonds is 8. The standard InChI is InChI=1S/C12H15ClFN2O14P3/c1-6-4-8(17)15-11(19)16(6)10-12(14,2-3-13)9(18)7(28-10)5-27-32(23,24)30-33(25,26)29-31(20,21)22/h4,7,9-10,18H,5H2,1H3,(H,23,24)(H,25,26)(H,15,17,19)(H2,20,21,22)/t7-,9+,10-,12?/m1/s1. The van der Waals surface area contributed by atoms with Gasteiger partial charge in [0.15, 0.2) is 6.23 Å². The SMILES string of the molecule is Cc1cc(=O)[nH]c(=O)n1[C@@H]1O[C@H](COP(=O)(O)OP(=O)(O)OP(=O)(O)O)[C@H](O)C1(F)C#CCl. The van der Waals surface area contributed by atoms with Crippen molar-refractivity contribution in [2.24, 2.45) is 0 Å². The molecule has 0 saturated carbocycles. The highest BCUT2D eigenvalue weighted by Gasteiger charge is 2.59. The third-order valence-corrected chi connectivity index (χ3v) is 7.80. The van der Waals surface area contributed by atoms with Crippen LogP contribution in [-0.4, -0.2) is 58.7 Å². The minimum absolute atomic E-state index is 0.132. The van der Waals surface area contributed by atoms with Crippen LogP contribution in [0.3, 0.4) is 0 Å². The Morgan fingerprint density at radius 1 is 1.24 bits per heavy atom. The van der Waals surface area contributed by atoms with Crippen molar-refractivity contribution >= 4 is 35.1 Å². The topological polar surface area (TPSA) is 244 Å². The third-order valence-electron chi connectivity index (χ3n) is 3.91. The van der Waals surface area contributed by atoms with Crippen molar-refractivity contribution in [2.75, 3.05) is 6.61 Å². The van der Waals surface area contributed by atoms with Crippen molar-refractivity contribution in [3.8, 4) is 11.3 Å². The molecular weight excluding hydrogens is 544 g/mol. The molecule has 0 aliphatic carbocycles. The molecule has 1 aromatic rings. The van der Waals surface area contributed by atoms with Gasteiger partial charge in [0.1, 0.15) is 12.2 Å². The summed E-state index contributed by atoms with van der Waals surface area (Å²) in [6, 6.07) is 0.894. The normalized spacial score (nSPS) is 29.0. The minimum atomic E-state index is -5.82. The first-order chi connectivity index (χ1) is 14.9. The Bertz CT molecular complexity index is 1230. The molecule has 6 atom stereocenters. The lowest BCUT2D eigenvalue weighted by Gasteiger charge is -2.25. The molecule has 186 valence electrons. The van der Waals surface area contributed by atoms with Gasteiger partial charge < -0.3 is 29.4 Å². The van der Waals surface area contributed by atoms with E-state index in [0.717, 1.165) is 6.07 Å². The molecule has 2 rings (SSSR count). The zero-order valence-corrected chi connectivity index (χ0v) is 19.4. The molecule has 21 heteroatoms. The van der Waals surface area contributed by atoms with Crippen LogP contribution in [0.25, 0.3) is 0 Å². The van der Waals surface area contributed by atoms with Gasteiger partial charge in [0, 0.05) is 17.1 Å². The van der Waals surface area contributed by atoms with Crippen LogP contribution in [0.5, 0.6) is 0 Å². The first-order valence-corrected chi connectivity index (χ1v) is 13.1. The van der Waals surface area contributed by atoms with E-state index >= 15 is 4.39 Å². The summed E-state index contributed by atoms with van der Waals surface area (Å²) in [5, 5.41) is 12.0. The van der Waals surface area contributed by atoms with Crippen molar-refractivity contribution in [2.45, 2.75) is 31.0 Å². The summed E-state index contributed by atoms with van der Waals surface area (Å²) in [7, 11) is -17.1. The van der Waals surface area contributed by atoms with Crippen LogP contribution in [-0.2, 0) is 31.6 Å². The lowest BCUT2D eigenvalue weighted by Crippen LogP contribution is -2.45. The van der Waals surface area contributed by atoms with Crippen molar-refractivity contribution in [1.29, 1.82) is 0 Å². The Hall–Kier alpha value is -1.21. The predicted molar refractivity (Wildman–Crippen MR) is 103 cm³/mol. The molecular formula is C12H15ClFN2O14P3. The van der Waals surface area contributed by atoms with Gasteiger partial charge in [0.25, 0.3) is 5.56 Å². The summed E-state index contributed by atoms with van der Waals surface area (Å²) >= 11 is 5.23. The van der Waals surface area contributed by atoms with Gasteiger partial charge in [-0.3, -0.25) is 18.9 Å². The number of halogens is 2. The average molecular weight is 559 g/mol. The maximum atomic E-state index is 15.5. The second-order valence-electron chi connectivity index (χ2n) is 6.30. The van der Waals surface area contributed by atoms with E-state index in [9.17, 15) is 33.3 Å². The number of aromatic amines is 1. The van der Waals surface area contributed by atoms with Gasteiger partial charge in [-0.15, -0.1) is 0 Å². The van der Waals surface area contributed by atoms with Crippen LogP contribution < -0.4 is 11.2 Å². The molecule has 0 radical (unpaired) electrons. The highest BCUT2D eigenvalue weighted by molar-refractivity contribution is 7.66. The molecule has 1 aliphatic rings. The highest BCUT2D eigenvalue weighted by Crippen LogP contribution is 2.66. The Morgan fingerprint density at radius 2 is 1.85 bits per heavy atom. The van der Waals surface area contributed by atoms with Crippen LogP contribution in [0.2, 0.25) is 0 Å². The van der Waals surface area contributed by atoms with Crippen molar-refractivity contribution in [3.63, 3.8) is 0 Å². The van der Waals surface area contributed by atoms with E-state index < -0.39 is 65.4 Å². The maximum absolute atomic E-state index is 15.5. The van der Waals surface area contributed by atoms with Gasteiger partial charge in [0.2, 0.25) is 5.67 Å². The summed E-state index contributed by atoms with van der Waals surface area (Å²) in [6.45, 7) is -0.0194. The first-order valence-electron chi connectivity index (χ1n) is 8.17. The second-order valence-corrected chi connectivity index (χ2v) is 10.9. The van der Waals surface area contributed by atoms with Gasteiger partial charge in [-0.25, -0.2) is 22.9 Å². The summed E-state index contributed by atoms with van der Waals surface area (Å²) < 4.78 is 66.5. The van der Waals surface area contributed by atoms with Crippen LogP contribution in [0, 0.1) is 18.2 Å². The largest absolute Gasteiger partial charge is 0.490 e. The number of nitrogens with zero attached hydrogens (tertiary/aromatic N) is 1. The van der Waals surface area contributed by atoms with E-state index in [1.807, 2.05) is 4.98 Å². The number of alkyl halides is 1. The lowest BCUT2D eigenvalue weighted by atomic mass is 9.97. The predicted octanol–water partition coefficient (Wildman–Crippen LogP) is -0.645. The third kappa shape index (κ3) is 6.91. The number of phosphoric acid groups is 3. The molecule has 1 saturated heterocycles. The summed E-state index contributed by atoms with van der Waals surface area (Å²) in [6.07, 6.45) is -6.25. The number of aryl methyl sites for hydroxylation is 1. The van der Waals surface area contributed by atoms with E-state index in [4.69, 9.17) is 31.0 Å². The monoisotopic (exact) mass is 558 g/mol.